The Morgan fingerprint density at radius 3 is 1.63 bits per heavy atom. The van der Waals surface area contributed by atoms with Crippen LogP contribution in [0.1, 0.15) is 36.1 Å². The highest BCUT2D eigenvalue weighted by Crippen LogP contribution is 2.30. The van der Waals surface area contributed by atoms with E-state index in [1.807, 2.05) is 62.4 Å². The third kappa shape index (κ3) is 7.66. The summed E-state index contributed by atoms with van der Waals surface area (Å²) in [7, 11) is 0. The van der Waals surface area contributed by atoms with Crippen LogP contribution >= 0.6 is 34.8 Å². The van der Waals surface area contributed by atoms with E-state index in [2.05, 4.69) is 10.6 Å². The molecular formula is C26H27Cl3N2O4. The van der Waals surface area contributed by atoms with Gasteiger partial charge in [0.15, 0.2) is 22.1 Å². The van der Waals surface area contributed by atoms with Gasteiger partial charge in [0.2, 0.25) is 6.23 Å². The van der Waals surface area contributed by atoms with Crippen LogP contribution in [0, 0.1) is 13.8 Å². The molecule has 4 rings (SSSR count). The maximum atomic E-state index is 11.7. The summed E-state index contributed by atoms with van der Waals surface area (Å²) in [5.74, 6) is -0.00101. The molecule has 0 saturated carbocycles. The molecule has 2 heterocycles. The van der Waals surface area contributed by atoms with E-state index >= 15 is 0 Å². The molecule has 2 fully saturated rings. The second-order valence-electron chi connectivity index (χ2n) is 8.46. The Morgan fingerprint density at radius 2 is 1.26 bits per heavy atom. The van der Waals surface area contributed by atoms with Gasteiger partial charge in [0.25, 0.3) is 11.8 Å². The summed E-state index contributed by atoms with van der Waals surface area (Å²) in [5.41, 5.74) is 4.15. The predicted octanol–water partition coefficient (Wildman–Crippen LogP) is 5.44. The minimum absolute atomic E-state index is 0.219. The van der Waals surface area contributed by atoms with Crippen LogP contribution < -0.4 is 10.6 Å². The van der Waals surface area contributed by atoms with Gasteiger partial charge in [-0.15, -0.1) is 11.6 Å². The summed E-state index contributed by atoms with van der Waals surface area (Å²) in [5, 5.41) is 4.99. The zero-order valence-corrected chi connectivity index (χ0v) is 22.0. The number of aryl methyl sites for hydroxylation is 2. The van der Waals surface area contributed by atoms with Gasteiger partial charge in [-0.2, -0.15) is 0 Å². The molecule has 0 spiro atoms. The summed E-state index contributed by atoms with van der Waals surface area (Å²) < 4.78 is 9.68. The van der Waals surface area contributed by atoms with E-state index in [-0.39, 0.29) is 23.0 Å². The SMILES string of the molecule is Cc1ccc(/C=C2\OC(C(C)(Cl)Cl)NC2=O)cc1.Cc1ccc(/C=C2\OC(C(C)Cl)NC2=O)cc1. The van der Waals surface area contributed by atoms with Crippen LogP contribution in [0.2, 0.25) is 0 Å². The number of carbonyl (C=O) groups is 2. The van der Waals surface area contributed by atoms with Crippen LogP contribution in [0.4, 0.5) is 0 Å². The Morgan fingerprint density at radius 1 is 0.829 bits per heavy atom. The number of amides is 2. The molecule has 0 aromatic heterocycles. The quantitative estimate of drug-likeness (QED) is 0.402. The molecule has 35 heavy (non-hydrogen) atoms. The number of carbonyl (C=O) groups excluding carboxylic acids is 2. The molecule has 2 aliphatic rings. The zero-order chi connectivity index (χ0) is 25.8. The fourth-order valence-corrected chi connectivity index (χ4v) is 3.40. The molecule has 2 amide bonds. The van der Waals surface area contributed by atoms with Gasteiger partial charge in [-0.05, 0) is 51.0 Å². The first kappa shape index (κ1) is 26.9. The van der Waals surface area contributed by atoms with Crippen molar-refractivity contribution in [3.05, 3.63) is 82.3 Å². The van der Waals surface area contributed by atoms with Crippen LogP contribution in [0.25, 0.3) is 12.2 Å². The first-order chi connectivity index (χ1) is 16.4. The number of nitrogens with one attached hydrogen (secondary N) is 2. The second-order valence-corrected chi connectivity index (χ2v) is 10.9. The molecule has 186 valence electrons. The topological polar surface area (TPSA) is 76.7 Å². The lowest BCUT2D eigenvalue weighted by Gasteiger charge is -2.19. The largest absolute Gasteiger partial charge is 0.463 e. The van der Waals surface area contributed by atoms with E-state index in [4.69, 9.17) is 44.3 Å². The number of ether oxygens (including phenoxy) is 2. The lowest BCUT2D eigenvalue weighted by molar-refractivity contribution is -0.117. The molecule has 2 aromatic rings. The molecule has 0 aliphatic carbocycles. The number of alkyl halides is 3. The van der Waals surface area contributed by atoms with Gasteiger partial charge in [-0.25, -0.2) is 0 Å². The molecule has 0 bridgehead atoms. The highest BCUT2D eigenvalue weighted by molar-refractivity contribution is 6.48. The lowest BCUT2D eigenvalue weighted by Crippen LogP contribution is -2.39. The molecule has 2 aromatic carbocycles. The third-order valence-electron chi connectivity index (χ3n) is 5.11. The van der Waals surface area contributed by atoms with Crippen molar-refractivity contribution < 1.29 is 19.1 Å². The van der Waals surface area contributed by atoms with Crippen molar-refractivity contribution in [2.75, 3.05) is 0 Å². The van der Waals surface area contributed by atoms with Crippen molar-refractivity contribution in [3.63, 3.8) is 0 Å². The Labute approximate surface area is 220 Å². The van der Waals surface area contributed by atoms with Crippen molar-refractivity contribution in [2.45, 2.75) is 49.9 Å². The van der Waals surface area contributed by atoms with Gasteiger partial charge in [0.1, 0.15) is 0 Å². The summed E-state index contributed by atoms with van der Waals surface area (Å²) >= 11 is 17.7. The van der Waals surface area contributed by atoms with Crippen molar-refractivity contribution in [2.24, 2.45) is 0 Å². The lowest BCUT2D eigenvalue weighted by atomic mass is 10.1. The normalized spacial score (nSPS) is 22.6. The zero-order valence-electron chi connectivity index (χ0n) is 19.8. The minimum atomic E-state index is -1.17. The molecule has 9 heteroatoms. The second kappa shape index (κ2) is 11.4. The molecule has 2 saturated heterocycles. The van der Waals surface area contributed by atoms with Gasteiger partial charge in [-0.3, -0.25) is 9.59 Å². The average molecular weight is 538 g/mol. The predicted molar refractivity (Wildman–Crippen MR) is 140 cm³/mol. The molecule has 6 nitrogen and oxygen atoms in total. The Balaban J connectivity index is 0.000000196. The molecule has 2 N–H and O–H groups in total. The highest BCUT2D eigenvalue weighted by Gasteiger charge is 2.40. The van der Waals surface area contributed by atoms with E-state index in [0.29, 0.717) is 5.76 Å². The van der Waals surface area contributed by atoms with E-state index in [0.717, 1.165) is 16.7 Å². The Kier molecular flexibility index (Phi) is 8.75. The maximum Gasteiger partial charge on any atom is 0.289 e. The number of benzene rings is 2. The van der Waals surface area contributed by atoms with Crippen molar-refractivity contribution in [3.8, 4) is 0 Å². The first-order valence-corrected chi connectivity index (χ1v) is 12.2. The standard InChI is InChI=1S/C13H13Cl2NO2.C13H14ClNO2/c1-8-3-5-9(6-4-8)7-10-11(17)16-12(18-10)13(2,14)15;1-8-3-5-10(6-4-8)7-11-12(16)15-13(17-11)9(2)14/h3-7,12H,1-2H3,(H,16,17);3-7,9,13H,1-2H3,(H,15,16)/b10-7-;11-7-. The van der Waals surface area contributed by atoms with Crippen LogP contribution in [0.5, 0.6) is 0 Å². The van der Waals surface area contributed by atoms with Gasteiger partial charge >= 0.3 is 0 Å². The summed E-state index contributed by atoms with van der Waals surface area (Å²) in [6, 6.07) is 15.6. The molecule has 3 atom stereocenters. The number of rotatable bonds is 4. The minimum Gasteiger partial charge on any atom is -0.463 e. The van der Waals surface area contributed by atoms with Gasteiger partial charge < -0.3 is 20.1 Å². The van der Waals surface area contributed by atoms with E-state index < -0.39 is 16.8 Å². The Bertz CT molecular complexity index is 1120. The van der Waals surface area contributed by atoms with Crippen LogP contribution in [-0.4, -0.2) is 34.0 Å². The fourth-order valence-electron chi connectivity index (χ4n) is 3.09. The van der Waals surface area contributed by atoms with Crippen LogP contribution in [0.3, 0.4) is 0 Å². The summed E-state index contributed by atoms with van der Waals surface area (Å²) in [6.45, 7) is 7.36. The summed E-state index contributed by atoms with van der Waals surface area (Å²) in [6.07, 6.45) is 2.20. The van der Waals surface area contributed by atoms with Gasteiger partial charge in [0.05, 0.1) is 5.38 Å². The van der Waals surface area contributed by atoms with Crippen molar-refractivity contribution >= 4 is 58.8 Å². The van der Waals surface area contributed by atoms with Gasteiger partial charge in [-0.1, -0.05) is 82.9 Å². The van der Waals surface area contributed by atoms with Crippen LogP contribution in [-0.2, 0) is 19.1 Å². The molecule has 3 unspecified atom stereocenters. The van der Waals surface area contributed by atoms with E-state index in [1.54, 1.807) is 26.0 Å². The average Bonchev–Trinajstić information content (AvgIpc) is 3.34. The third-order valence-corrected chi connectivity index (χ3v) is 5.73. The van der Waals surface area contributed by atoms with Gasteiger partial charge in [0, 0.05) is 0 Å². The fraction of sp³-hybridized carbons (Fsp3) is 0.308. The molecule has 2 aliphatic heterocycles. The molecule has 0 radical (unpaired) electrons. The Hall–Kier alpha value is -2.67. The smallest absolute Gasteiger partial charge is 0.289 e. The van der Waals surface area contributed by atoms with E-state index in [9.17, 15) is 9.59 Å². The number of halogens is 3. The van der Waals surface area contributed by atoms with Crippen molar-refractivity contribution in [1.82, 2.24) is 10.6 Å². The van der Waals surface area contributed by atoms with E-state index in [1.165, 1.54) is 5.56 Å². The van der Waals surface area contributed by atoms with Crippen LogP contribution in [0.15, 0.2) is 60.0 Å². The molecular weight excluding hydrogens is 511 g/mol. The summed E-state index contributed by atoms with van der Waals surface area (Å²) in [4.78, 5) is 23.3. The van der Waals surface area contributed by atoms with Crippen molar-refractivity contribution in [1.29, 1.82) is 0 Å². The maximum absolute atomic E-state index is 11.7. The highest BCUT2D eigenvalue weighted by atomic mass is 35.5. The first-order valence-electron chi connectivity index (χ1n) is 11.0. The number of hydrogen-bond acceptors (Lipinski definition) is 4. The number of hydrogen-bond donors (Lipinski definition) is 2. The monoisotopic (exact) mass is 536 g/mol.